The number of benzene rings is 2. The number of anilines is 1. The van der Waals surface area contributed by atoms with E-state index in [0.29, 0.717) is 37.7 Å². The predicted molar refractivity (Wildman–Crippen MR) is 117 cm³/mol. The molecule has 0 aliphatic carbocycles. The van der Waals surface area contributed by atoms with Crippen molar-refractivity contribution in [1.82, 2.24) is 9.97 Å². The molecule has 3 heterocycles. The van der Waals surface area contributed by atoms with Gasteiger partial charge in [-0.05, 0) is 48.5 Å². The first-order chi connectivity index (χ1) is 14.1. The molecule has 29 heavy (non-hydrogen) atoms. The van der Waals surface area contributed by atoms with Gasteiger partial charge in [-0.3, -0.25) is 4.79 Å². The Labute approximate surface area is 178 Å². The summed E-state index contributed by atoms with van der Waals surface area (Å²) >= 11 is 13.7. The van der Waals surface area contributed by atoms with Crippen molar-refractivity contribution in [3.05, 3.63) is 75.7 Å². The molecule has 3 aromatic heterocycles. The van der Waals surface area contributed by atoms with Crippen molar-refractivity contribution in [1.29, 1.82) is 0 Å². The Hall–Kier alpha value is -2.93. The highest BCUT2D eigenvalue weighted by molar-refractivity contribution is 7.21. The standard InChI is InChI=1S/C21H11Cl2N3O2S/c22-12-5-8-14-16(10-12)29-18(17(14)23)20(27)25-13-6-3-11(4-7-13)21-26-19-15(28-21)2-1-9-24-19/h1-10H,(H,25,27). The molecule has 0 radical (unpaired) electrons. The van der Waals surface area contributed by atoms with Crippen LogP contribution in [0.5, 0.6) is 0 Å². The molecule has 142 valence electrons. The van der Waals surface area contributed by atoms with Gasteiger partial charge in [-0.1, -0.05) is 29.3 Å². The number of nitrogens with one attached hydrogen (secondary N) is 1. The van der Waals surface area contributed by atoms with Crippen molar-refractivity contribution in [3.8, 4) is 11.5 Å². The van der Waals surface area contributed by atoms with E-state index in [1.54, 1.807) is 36.5 Å². The zero-order chi connectivity index (χ0) is 20.0. The van der Waals surface area contributed by atoms with Crippen LogP contribution in [0.25, 0.3) is 32.8 Å². The Balaban J connectivity index is 1.39. The summed E-state index contributed by atoms with van der Waals surface area (Å²) in [6, 6.07) is 16.2. The van der Waals surface area contributed by atoms with Crippen LogP contribution in [0.15, 0.2) is 65.2 Å². The number of halogens is 2. The molecule has 8 heteroatoms. The average molecular weight is 440 g/mol. The number of aromatic nitrogens is 2. The SMILES string of the molecule is O=C(Nc1ccc(-c2nc3ncccc3o2)cc1)c1sc2cc(Cl)ccc2c1Cl. The summed E-state index contributed by atoms with van der Waals surface area (Å²) in [5, 5.41) is 4.71. The highest BCUT2D eigenvalue weighted by atomic mass is 35.5. The lowest BCUT2D eigenvalue weighted by atomic mass is 10.2. The van der Waals surface area contributed by atoms with E-state index in [1.807, 2.05) is 24.3 Å². The molecule has 0 spiro atoms. The van der Waals surface area contributed by atoms with Crippen molar-refractivity contribution in [2.45, 2.75) is 0 Å². The molecule has 2 aromatic carbocycles. The lowest BCUT2D eigenvalue weighted by molar-refractivity contribution is 0.103. The van der Waals surface area contributed by atoms with Crippen LogP contribution in [0.1, 0.15) is 9.67 Å². The van der Waals surface area contributed by atoms with E-state index in [2.05, 4.69) is 15.3 Å². The lowest BCUT2D eigenvalue weighted by Crippen LogP contribution is -2.10. The van der Waals surface area contributed by atoms with Crippen molar-refractivity contribution in [3.63, 3.8) is 0 Å². The van der Waals surface area contributed by atoms with Gasteiger partial charge >= 0.3 is 0 Å². The molecule has 0 atom stereocenters. The van der Waals surface area contributed by atoms with Gasteiger partial charge in [0.25, 0.3) is 5.91 Å². The van der Waals surface area contributed by atoms with E-state index >= 15 is 0 Å². The molecule has 0 fully saturated rings. The fraction of sp³-hybridized carbons (Fsp3) is 0. The number of carbonyl (C=O) groups is 1. The monoisotopic (exact) mass is 439 g/mol. The van der Waals surface area contributed by atoms with Crippen molar-refractivity contribution in [2.24, 2.45) is 0 Å². The van der Waals surface area contributed by atoms with Gasteiger partial charge in [-0.25, -0.2) is 4.98 Å². The predicted octanol–water partition coefficient (Wildman–Crippen LogP) is 6.66. The first-order valence-electron chi connectivity index (χ1n) is 8.59. The second kappa shape index (κ2) is 7.15. The van der Waals surface area contributed by atoms with Gasteiger partial charge in [0, 0.05) is 32.6 Å². The molecule has 5 rings (SSSR count). The van der Waals surface area contributed by atoms with Gasteiger partial charge in [0.05, 0.1) is 5.02 Å². The first-order valence-corrected chi connectivity index (χ1v) is 10.2. The minimum Gasteiger partial charge on any atom is -0.434 e. The van der Waals surface area contributed by atoms with E-state index in [9.17, 15) is 4.79 Å². The molecule has 5 nitrogen and oxygen atoms in total. The highest BCUT2D eigenvalue weighted by Gasteiger charge is 2.18. The Morgan fingerprint density at radius 3 is 2.69 bits per heavy atom. The van der Waals surface area contributed by atoms with E-state index in [1.165, 1.54) is 11.3 Å². The summed E-state index contributed by atoms with van der Waals surface area (Å²) < 4.78 is 6.58. The van der Waals surface area contributed by atoms with Gasteiger partial charge < -0.3 is 9.73 Å². The van der Waals surface area contributed by atoms with Crippen LogP contribution in [0.4, 0.5) is 5.69 Å². The Morgan fingerprint density at radius 1 is 1.07 bits per heavy atom. The third kappa shape index (κ3) is 3.35. The summed E-state index contributed by atoms with van der Waals surface area (Å²) in [6.07, 6.45) is 1.67. The minimum absolute atomic E-state index is 0.272. The number of thiophene rings is 1. The topological polar surface area (TPSA) is 68.0 Å². The Bertz CT molecular complexity index is 1340. The third-order valence-corrected chi connectivity index (χ3v) is 6.24. The fourth-order valence-corrected chi connectivity index (χ4v) is 4.65. The number of amides is 1. The summed E-state index contributed by atoms with van der Waals surface area (Å²) in [4.78, 5) is 21.7. The largest absolute Gasteiger partial charge is 0.434 e. The summed E-state index contributed by atoms with van der Waals surface area (Å²) in [5.74, 6) is 0.201. The van der Waals surface area contributed by atoms with Crippen molar-refractivity contribution < 1.29 is 9.21 Å². The van der Waals surface area contributed by atoms with Gasteiger partial charge in [-0.15, -0.1) is 11.3 Å². The maximum atomic E-state index is 12.7. The molecule has 1 amide bonds. The van der Waals surface area contributed by atoms with Gasteiger partial charge in [-0.2, -0.15) is 4.98 Å². The number of hydrogen-bond acceptors (Lipinski definition) is 5. The number of oxazole rings is 1. The van der Waals surface area contributed by atoms with Gasteiger partial charge in [0.15, 0.2) is 11.2 Å². The smallest absolute Gasteiger partial charge is 0.267 e. The van der Waals surface area contributed by atoms with Crippen LogP contribution in [-0.4, -0.2) is 15.9 Å². The molecule has 0 bridgehead atoms. The number of fused-ring (bicyclic) bond motifs is 2. The quantitative estimate of drug-likeness (QED) is 0.341. The highest BCUT2D eigenvalue weighted by Crippen LogP contribution is 2.37. The molecule has 5 aromatic rings. The first kappa shape index (κ1) is 18.1. The normalized spacial score (nSPS) is 11.2. The minimum atomic E-state index is -0.272. The summed E-state index contributed by atoms with van der Waals surface area (Å²) in [5.41, 5.74) is 2.61. The van der Waals surface area contributed by atoms with Crippen LogP contribution in [0, 0.1) is 0 Å². The maximum absolute atomic E-state index is 12.7. The van der Waals surface area contributed by atoms with Crippen molar-refractivity contribution in [2.75, 3.05) is 5.32 Å². The van der Waals surface area contributed by atoms with Crippen LogP contribution >= 0.6 is 34.5 Å². The van der Waals surface area contributed by atoms with E-state index in [-0.39, 0.29) is 5.91 Å². The van der Waals surface area contributed by atoms with Crippen LogP contribution < -0.4 is 5.32 Å². The van der Waals surface area contributed by atoms with Gasteiger partial charge in [0.2, 0.25) is 5.89 Å². The molecule has 0 saturated heterocycles. The van der Waals surface area contributed by atoms with Gasteiger partial charge in [0.1, 0.15) is 4.88 Å². The Morgan fingerprint density at radius 2 is 1.90 bits per heavy atom. The van der Waals surface area contributed by atoms with Crippen LogP contribution in [0.3, 0.4) is 0 Å². The zero-order valence-corrected chi connectivity index (χ0v) is 17.0. The number of carbonyl (C=O) groups excluding carboxylic acids is 1. The number of rotatable bonds is 3. The molecule has 0 saturated carbocycles. The van der Waals surface area contributed by atoms with E-state index in [0.717, 1.165) is 15.6 Å². The maximum Gasteiger partial charge on any atom is 0.267 e. The zero-order valence-electron chi connectivity index (χ0n) is 14.6. The number of nitrogens with zero attached hydrogens (tertiary/aromatic N) is 2. The summed E-state index contributed by atoms with van der Waals surface area (Å²) in [6.45, 7) is 0. The second-order valence-corrected chi connectivity index (χ2v) is 8.13. The van der Waals surface area contributed by atoms with E-state index in [4.69, 9.17) is 27.6 Å². The molecule has 0 aliphatic rings. The molecular weight excluding hydrogens is 429 g/mol. The second-order valence-electron chi connectivity index (χ2n) is 6.26. The molecule has 0 aliphatic heterocycles. The number of hydrogen-bond donors (Lipinski definition) is 1. The molecule has 1 N–H and O–H groups in total. The van der Waals surface area contributed by atoms with E-state index < -0.39 is 0 Å². The van der Waals surface area contributed by atoms with Crippen molar-refractivity contribution >= 4 is 67.4 Å². The molecule has 0 unspecified atom stereocenters. The molecular formula is C21H11Cl2N3O2S. The lowest BCUT2D eigenvalue weighted by Gasteiger charge is -2.04. The number of pyridine rings is 1. The van der Waals surface area contributed by atoms with Crippen LogP contribution in [-0.2, 0) is 0 Å². The third-order valence-electron chi connectivity index (χ3n) is 4.35. The fourth-order valence-electron chi connectivity index (χ4n) is 2.96. The summed E-state index contributed by atoms with van der Waals surface area (Å²) in [7, 11) is 0. The Kier molecular flexibility index (Phi) is 4.47. The average Bonchev–Trinajstić information content (AvgIpc) is 3.29. The van der Waals surface area contributed by atoms with Crippen LogP contribution in [0.2, 0.25) is 10.0 Å².